The van der Waals surface area contributed by atoms with E-state index in [1.807, 2.05) is 12.1 Å². The first-order valence-electron chi connectivity index (χ1n) is 3.76. The first kappa shape index (κ1) is 8.87. The van der Waals surface area contributed by atoms with Crippen molar-refractivity contribution in [2.75, 3.05) is 0 Å². The number of aromatic hydroxyl groups is 1. The van der Waals surface area contributed by atoms with Crippen molar-refractivity contribution in [2.45, 2.75) is 11.5 Å². The molecule has 0 atom stereocenters. The number of benzene rings is 1. The number of rotatable bonds is 1. The van der Waals surface area contributed by atoms with E-state index in [9.17, 15) is 5.11 Å². The van der Waals surface area contributed by atoms with Gasteiger partial charge in [0.15, 0.2) is 0 Å². The van der Waals surface area contributed by atoms with E-state index in [0.29, 0.717) is 4.90 Å². The molecule has 0 saturated carbocycles. The predicted molar refractivity (Wildman–Crippen MR) is 56.7 cm³/mol. The number of thiol groups is 1. The molecular weight excluding hydrogens is 204 g/mol. The molecule has 1 aromatic heterocycles. The summed E-state index contributed by atoms with van der Waals surface area (Å²) in [6.07, 6.45) is 0. The molecule has 0 spiro atoms. The lowest BCUT2D eigenvalue weighted by Gasteiger charge is -1.96. The number of thiophene rings is 1. The number of phenols is 1. The van der Waals surface area contributed by atoms with Gasteiger partial charge in [-0.3, -0.25) is 0 Å². The molecule has 0 unspecified atom stereocenters. The van der Waals surface area contributed by atoms with Crippen LogP contribution in [0.1, 0.15) is 4.88 Å². The number of fused-ring (bicyclic) bond motifs is 1. The van der Waals surface area contributed by atoms with Crippen molar-refractivity contribution >= 4 is 34.1 Å². The Kier molecular flexibility index (Phi) is 2.19. The molecule has 0 amide bonds. The van der Waals surface area contributed by atoms with Crippen molar-refractivity contribution in [3.05, 3.63) is 23.1 Å². The van der Waals surface area contributed by atoms with Crippen molar-refractivity contribution in [2.24, 2.45) is 0 Å². The second kappa shape index (κ2) is 3.21. The molecule has 0 fully saturated rings. The molecular formula is C9H8O2S2. The summed E-state index contributed by atoms with van der Waals surface area (Å²) >= 11 is 5.65. The Labute approximate surface area is 84.9 Å². The van der Waals surface area contributed by atoms with Crippen LogP contribution in [0.25, 0.3) is 10.1 Å². The standard InChI is InChI=1S/C9H8O2S2/c10-4-6-3-5-1-2-7(11)8(12)9(5)13-6/h1-3,10-12H,4H2. The van der Waals surface area contributed by atoms with Crippen LogP contribution in [-0.4, -0.2) is 10.2 Å². The molecule has 68 valence electrons. The van der Waals surface area contributed by atoms with Gasteiger partial charge in [0.25, 0.3) is 0 Å². The van der Waals surface area contributed by atoms with Crippen molar-refractivity contribution < 1.29 is 10.2 Å². The molecule has 2 nitrogen and oxygen atoms in total. The van der Waals surface area contributed by atoms with Gasteiger partial charge in [0.2, 0.25) is 0 Å². The fourth-order valence-electron chi connectivity index (χ4n) is 1.21. The number of hydrogen-bond donors (Lipinski definition) is 3. The van der Waals surface area contributed by atoms with Crippen LogP contribution >= 0.6 is 24.0 Å². The van der Waals surface area contributed by atoms with E-state index in [0.717, 1.165) is 15.0 Å². The van der Waals surface area contributed by atoms with Crippen LogP contribution in [-0.2, 0) is 6.61 Å². The van der Waals surface area contributed by atoms with Gasteiger partial charge in [-0.15, -0.1) is 24.0 Å². The summed E-state index contributed by atoms with van der Waals surface area (Å²) in [5.74, 6) is 0.183. The zero-order chi connectivity index (χ0) is 9.42. The molecule has 1 heterocycles. The number of aliphatic hydroxyl groups is 1. The second-order valence-corrected chi connectivity index (χ2v) is 4.31. The summed E-state index contributed by atoms with van der Waals surface area (Å²) in [5, 5.41) is 19.3. The number of aliphatic hydroxyl groups excluding tert-OH is 1. The van der Waals surface area contributed by atoms with Crippen molar-refractivity contribution in [1.29, 1.82) is 0 Å². The third-order valence-electron chi connectivity index (χ3n) is 1.85. The van der Waals surface area contributed by atoms with Gasteiger partial charge >= 0.3 is 0 Å². The van der Waals surface area contributed by atoms with Crippen LogP contribution in [0.15, 0.2) is 23.1 Å². The second-order valence-electron chi connectivity index (χ2n) is 2.72. The van der Waals surface area contributed by atoms with Gasteiger partial charge in [-0.25, -0.2) is 0 Å². The SMILES string of the molecule is OCc1cc2ccc(O)c(S)c2s1. The van der Waals surface area contributed by atoms with Crippen molar-refractivity contribution in [3.63, 3.8) is 0 Å². The normalized spacial score (nSPS) is 10.9. The van der Waals surface area contributed by atoms with Crippen LogP contribution in [0.4, 0.5) is 0 Å². The summed E-state index contributed by atoms with van der Waals surface area (Å²) < 4.78 is 0.924. The molecule has 13 heavy (non-hydrogen) atoms. The van der Waals surface area contributed by atoms with Gasteiger partial charge in [0.05, 0.1) is 16.2 Å². The van der Waals surface area contributed by atoms with Gasteiger partial charge in [-0.05, 0) is 23.6 Å². The summed E-state index contributed by atoms with van der Waals surface area (Å²) in [4.78, 5) is 1.47. The monoisotopic (exact) mass is 212 g/mol. The first-order chi connectivity index (χ1) is 6.22. The minimum Gasteiger partial charge on any atom is -0.507 e. The maximum absolute atomic E-state index is 9.37. The molecule has 2 rings (SSSR count). The highest BCUT2D eigenvalue weighted by Crippen LogP contribution is 2.35. The quantitative estimate of drug-likeness (QED) is 0.635. The Morgan fingerprint density at radius 3 is 2.85 bits per heavy atom. The Bertz CT molecular complexity index is 448. The van der Waals surface area contributed by atoms with E-state index in [1.54, 1.807) is 6.07 Å². The lowest BCUT2D eigenvalue weighted by atomic mass is 10.2. The largest absolute Gasteiger partial charge is 0.507 e. The van der Waals surface area contributed by atoms with E-state index in [4.69, 9.17) is 5.11 Å². The topological polar surface area (TPSA) is 40.5 Å². The summed E-state index contributed by atoms with van der Waals surface area (Å²) in [5.41, 5.74) is 0. The molecule has 1 aromatic carbocycles. The fourth-order valence-corrected chi connectivity index (χ4v) is 2.51. The van der Waals surface area contributed by atoms with E-state index in [1.165, 1.54) is 11.3 Å². The highest BCUT2D eigenvalue weighted by Gasteiger charge is 2.06. The Balaban J connectivity index is 2.76. The average Bonchev–Trinajstić information content (AvgIpc) is 2.55. The third-order valence-corrected chi connectivity index (χ3v) is 3.60. The number of phenolic OH excluding ortho intramolecular Hbond substituents is 1. The summed E-state index contributed by atoms with van der Waals surface area (Å²) in [6, 6.07) is 5.33. The smallest absolute Gasteiger partial charge is 0.130 e. The molecule has 2 N–H and O–H groups in total. The average molecular weight is 212 g/mol. The lowest BCUT2D eigenvalue weighted by molar-refractivity contribution is 0.285. The Morgan fingerprint density at radius 2 is 2.15 bits per heavy atom. The van der Waals surface area contributed by atoms with Gasteiger partial charge in [-0.1, -0.05) is 0 Å². The molecule has 4 heteroatoms. The zero-order valence-corrected chi connectivity index (χ0v) is 8.40. The van der Waals surface area contributed by atoms with Gasteiger partial charge in [0, 0.05) is 4.88 Å². The predicted octanol–water partition coefficient (Wildman–Crippen LogP) is 2.39. The molecule has 0 saturated heterocycles. The third kappa shape index (κ3) is 1.41. The first-order valence-corrected chi connectivity index (χ1v) is 5.03. The Morgan fingerprint density at radius 1 is 1.38 bits per heavy atom. The van der Waals surface area contributed by atoms with E-state index in [-0.39, 0.29) is 12.4 Å². The van der Waals surface area contributed by atoms with E-state index < -0.39 is 0 Å². The maximum atomic E-state index is 9.37. The molecule has 2 aromatic rings. The highest BCUT2D eigenvalue weighted by atomic mass is 32.1. The van der Waals surface area contributed by atoms with Crippen LogP contribution < -0.4 is 0 Å². The van der Waals surface area contributed by atoms with Crippen LogP contribution in [0.2, 0.25) is 0 Å². The summed E-state index contributed by atoms with van der Waals surface area (Å²) in [7, 11) is 0. The van der Waals surface area contributed by atoms with Crippen LogP contribution in [0.5, 0.6) is 5.75 Å². The van der Waals surface area contributed by atoms with Gasteiger partial charge in [0.1, 0.15) is 5.75 Å². The fraction of sp³-hybridized carbons (Fsp3) is 0.111. The highest BCUT2D eigenvalue weighted by molar-refractivity contribution is 7.81. The van der Waals surface area contributed by atoms with Crippen molar-refractivity contribution in [1.82, 2.24) is 0 Å². The molecule has 0 bridgehead atoms. The van der Waals surface area contributed by atoms with E-state index in [2.05, 4.69) is 12.6 Å². The van der Waals surface area contributed by atoms with Gasteiger partial charge < -0.3 is 10.2 Å². The maximum Gasteiger partial charge on any atom is 0.130 e. The molecule has 0 aliphatic heterocycles. The van der Waals surface area contributed by atoms with Gasteiger partial charge in [-0.2, -0.15) is 0 Å². The molecule has 0 aliphatic rings. The van der Waals surface area contributed by atoms with Crippen molar-refractivity contribution in [3.8, 4) is 5.75 Å². The minimum atomic E-state index is 0.0350. The van der Waals surface area contributed by atoms with E-state index >= 15 is 0 Å². The number of hydrogen-bond acceptors (Lipinski definition) is 4. The molecule has 0 aliphatic carbocycles. The molecule has 0 radical (unpaired) electrons. The van der Waals surface area contributed by atoms with Crippen LogP contribution in [0.3, 0.4) is 0 Å². The van der Waals surface area contributed by atoms with Crippen LogP contribution in [0, 0.1) is 0 Å². The lowest BCUT2D eigenvalue weighted by Crippen LogP contribution is -1.70. The minimum absolute atomic E-state index is 0.0350. The zero-order valence-electron chi connectivity index (χ0n) is 6.69. The Hall–Kier alpha value is -0.710. The summed E-state index contributed by atoms with van der Waals surface area (Å²) in [6.45, 7) is 0.0350.